The average molecular weight is 215 g/mol. The van der Waals surface area contributed by atoms with Crippen molar-refractivity contribution in [2.45, 2.75) is 12.8 Å². The van der Waals surface area contributed by atoms with Crippen molar-refractivity contribution in [3.63, 3.8) is 0 Å². The molecule has 1 aliphatic heterocycles. The largest absolute Gasteiger partial charge is 0.371 e. The fraction of sp³-hybridized carbons (Fsp3) is 0.462. The van der Waals surface area contributed by atoms with Crippen molar-refractivity contribution in [2.24, 2.45) is 0 Å². The van der Waals surface area contributed by atoms with Crippen LogP contribution in [0, 0.1) is 11.3 Å². The summed E-state index contributed by atoms with van der Waals surface area (Å²) in [5.74, 6) is 0. The summed E-state index contributed by atoms with van der Waals surface area (Å²) in [6, 6.07) is 10.7. The minimum Gasteiger partial charge on any atom is -0.371 e. The van der Waals surface area contributed by atoms with E-state index in [9.17, 15) is 0 Å². The highest BCUT2D eigenvalue weighted by Crippen LogP contribution is 2.31. The fourth-order valence-corrected chi connectivity index (χ4v) is 2.15. The third kappa shape index (κ3) is 2.11. The number of benzene rings is 1. The van der Waals surface area contributed by atoms with Crippen LogP contribution in [0.25, 0.3) is 0 Å². The second kappa shape index (κ2) is 4.89. The lowest BCUT2D eigenvalue weighted by Crippen LogP contribution is -2.39. The third-order valence-corrected chi connectivity index (χ3v) is 3.06. The molecule has 3 nitrogen and oxygen atoms in total. The molecule has 0 amide bonds. The molecule has 1 aliphatic rings. The number of nitriles is 1. The van der Waals surface area contributed by atoms with Crippen LogP contribution in [0.1, 0.15) is 12.8 Å². The SMILES string of the molecule is CN1CCN(CCCC#N)c2ccccc21. The summed E-state index contributed by atoms with van der Waals surface area (Å²) in [6.45, 7) is 3.10. The first-order valence-corrected chi connectivity index (χ1v) is 5.75. The Kier molecular flexibility index (Phi) is 3.31. The predicted octanol–water partition coefficient (Wildman–Crippen LogP) is 2.25. The summed E-state index contributed by atoms with van der Waals surface area (Å²) in [5.41, 5.74) is 2.60. The van der Waals surface area contributed by atoms with E-state index in [1.807, 2.05) is 0 Å². The fourth-order valence-electron chi connectivity index (χ4n) is 2.15. The first-order chi connectivity index (χ1) is 7.83. The zero-order valence-corrected chi connectivity index (χ0v) is 9.69. The highest BCUT2D eigenvalue weighted by atomic mass is 15.2. The Hall–Kier alpha value is -1.69. The van der Waals surface area contributed by atoms with Gasteiger partial charge in [0.1, 0.15) is 0 Å². The summed E-state index contributed by atoms with van der Waals surface area (Å²) >= 11 is 0. The van der Waals surface area contributed by atoms with E-state index >= 15 is 0 Å². The predicted molar refractivity (Wildman–Crippen MR) is 66.8 cm³/mol. The minimum absolute atomic E-state index is 0.647. The van der Waals surface area contributed by atoms with Crippen molar-refractivity contribution in [1.29, 1.82) is 5.26 Å². The van der Waals surface area contributed by atoms with Gasteiger partial charge in [-0.25, -0.2) is 0 Å². The molecule has 84 valence electrons. The number of hydrogen-bond donors (Lipinski definition) is 0. The van der Waals surface area contributed by atoms with Gasteiger partial charge in [-0.15, -0.1) is 0 Å². The number of rotatable bonds is 3. The summed E-state index contributed by atoms with van der Waals surface area (Å²) < 4.78 is 0. The van der Waals surface area contributed by atoms with Crippen LogP contribution in [-0.4, -0.2) is 26.7 Å². The molecule has 0 aliphatic carbocycles. The van der Waals surface area contributed by atoms with Gasteiger partial charge in [0, 0.05) is 33.1 Å². The van der Waals surface area contributed by atoms with Crippen molar-refractivity contribution in [3.05, 3.63) is 24.3 Å². The van der Waals surface area contributed by atoms with E-state index < -0.39 is 0 Å². The minimum atomic E-state index is 0.647. The molecule has 0 N–H and O–H groups in total. The van der Waals surface area contributed by atoms with E-state index in [0.717, 1.165) is 26.1 Å². The van der Waals surface area contributed by atoms with Crippen LogP contribution in [0.5, 0.6) is 0 Å². The second-order valence-corrected chi connectivity index (χ2v) is 4.16. The second-order valence-electron chi connectivity index (χ2n) is 4.16. The number of hydrogen-bond acceptors (Lipinski definition) is 3. The first kappa shape index (κ1) is 10.8. The molecule has 3 heteroatoms. The Morgan fingerprint density at radius 1 is 1.25 bits per heavy atom. The molecular formula is C13H17N3. The van der Waals surface area contributed by atoms with E-state index in [-0.39, 0.29) is 0 Å². The van der Waals surface area contributed by atoms with Crippen LogP contribution in [0.2, 0.25) is 0 Å². The normalized spacial score (nSPS) is 14.5. The smallest absolute Gasteiger partial charge is 0.0622 e. The van der Waals surface area contributed by atoms with Gasteiger partial charge in [0.05, 0.1) is 17.4 Å². The maximum absolute atomic E-state index is 8.56. The van der Waals surface area contributed by atoms with Gasteiger partial charge in [0.2, 0.25) is 0 Å². The third-order valence-electron chi connectivity index (χ3n) is 3.06. The molecule has 16 heavy (non-hydrogen) atoms. The summed E-state index contributed by atoms with van der Waals surface area (Å²) in [7, 11) is 2.13. The zero-order chi connectivity index (χ0) is 11.4. The quantitative estimate of drug-likeness (QED) is 0.724. The molecule has 0 radical (unpaired) electrons. The Morgan fingerprint density at radius 3 is 2.75 bits per heavy atom. The first-order valence-electron chi connectivity index (χ1n) is 5.75. The Bertz CT molecular complexity index is 394. The Balaban J connectivity index is 2.12. The molecule has 0 saturated carbocycles. The molecule has 1 aromatic carbocycles. The molecule has 1 aromatic rings. The van der Waals surface area contributed by atoms with Crippen molar-refractivity contribution in [3.8, 4) is 6.07 Å². The molecule has 0 unspecified atom stereocenters. The lowest BCUT2D eigenvalue weighted by Gasteiger charge is -2.36. The van der Waals surface area contributed by atoms with Crippen molar-refractivity contribution in [1.82, 2.24) is 0 Å². The van der Waals surface area contributed by atoms with Crippen molar-refractivity contribution in [2.75, 3.05) is 36.5 Å². The maximum atomic E-state index is 8.56. The number of para-hydroxylation sites is 2. The van der Waals surface area contributed by atoms with Gasteiger partial charge in [0.15, 0.2) is 0 Å². The molecule has 0 aromatic heterocycles. The monoisotopic (exact) mass is 215 g/mol. The topological polar surface area (TPSA) is 30.3 Å². The van der Waals surface area contributed by atoms with E-state index in [1.165, 1.54) is 11.4 Å². The Morgan fingerprint density at radius 2 is 2.00 bits per heavy atom. The molecular weight excluding hydrogens is 198 g/mol. The van der Waals surface area contributed by atoms with Gasteiger partial charge in [0.25, 0.3) is 0 Å². The lowest BCUT2D eigenvalue weighted by atomic mass is 10.1. The van der Waals surface area contributed by atoms with Crippen LogP contribution in [0.4, 0.5) is 11.4 Å². The van der Waals surface area contributed by atoms with Gasteiger partial charge < -0.3 is 9.80 Å². The van der Waals surface area contributed by atoms with Crippen LogP contribution >= 0.6 is 0 Å². The number of anilines is 2. The highest BCUT2D eigenvalue weighted by molar-refractivity contribution is 5.72. The number of fused-ring (bicyclic) bond motifs is 1. The van der Waals surface area contributed by atoms with E-state index in [1.54, 1.807) is 0 Å². The van der Waals surface area contributed by atoms with Crippen LogP contribution < -0.4 is 9.80 Å². The summed E-state index contributed by atoms with van der Waals surface area (Å²) in [6.07, 6.45) is 1.60. The summed E-state index contributed by atoms with van der Waals surface area (Å²) in [5, 5.41) is 8.56. The van der Waals surface area contributed by atoms with E-state index in [0.29, 0.717) is 6.42 Å². The molecule has 0 atom stereocenters. The van der Waals surface area contributed by atoms with Crippen LogP contribution in [-0.2, 0) is 0 Å². The number of likely N-dealkylation sites (N-methyl/N-ethyl adjacent to an activating group) is 1. The maximum Gasteiger partial charge on any atom is 0.0622 e. The van der Waals surface area contributed by atoms with E-state index in [4.69, 9.17) is 5.26 Å². The molecule has 0 saturated heterocycles. The van der Waals surface area contributed by atoms with Crippen LogP contribution in [0.15, 0.2) is 24.3 Å². The summed E-state index contributed by atoms with van der Waals surface area (Å²) in [4.78, 5) is 4.67. The van der Waals surface area contributed by atoms with Crippen molar-refractivity contribution < 1.29 is 0 Å². The zero-order valence-electron chi connectivity index (χ0n) is 9.69. The number of unbranched alkanes of at least 4 members (excludes halogenated alkanes) is 1. The van der Waals surface area contributed by atoms with Crippen LogP contribution in [0.3, 0.4) is 0 Å². The van der Waals surface area contributed by atoms with Gasteiger partial charge in [-0.3, -0.25) is 0 Å². The van der Waals surface area contributed by atoms with Crippen molar-refractivity contribution >= 4 is 11.4 Å². The molecule has 0 fully saturated rings. The van der Waals surface area contributed by atoms with Gasteiger partial charge in [-0.05, 0) is 18.6 Å². The van der Waals surface area contributed by atoms with Gasteiger partial charge in [-0.2, -0.15) is 5.26 Å². The molecule has 1 heterocycles. The Labute approximate surface area is 96.9 Å². The average Bonchev–Trinajstić information content (AvgIpc) is 2.33. The van der Waals surface area contributed by atoms with Gasteiger partial charge in [-0.1, -0.05) is 12.1 Å². The standard InChI is InChI=1S/C13H17N3/c1-15-10-11-16(9-5-4-8-14)13-7-3-2-6-12(13)15/h2-3,6-7H,4-5,9-11H2,1H3. The lowest BCUT2D eigenvalue weighted by molar-refractivity contribution is 0.704. The molecule has 0 spiro atoms. The highest BCUT2D eigenvalue weighted by Gasteiger charge is 2.18. The van der Waals surface area contributed by atoms with Gasteiger partial charge >= 0.3 is 0 Å². The van der Waals surface area contributed by atoms with E-state index in [2.05, 4.69) is 47.2 Å². The molecule has 2 rings (SSSR count). The molecule has 0 bridgehead atoms. The number of nitrogens with zero attached hydrogens (tertiary/aromatic N) is 3.